The van der Waals surface area contributed by atoms with Gasteiger partial charge in [-0.25, -0.2) is 4.79 Å². The smallest absolute Gasteiger partial charge is 0.459 e. The summed E-state index contributed by atoms with van der Waals surface area (Å²) in [6.45, 7) is 2.42. The van der Waals surface area contributed by atoms with Crippen molar-refractivity contribution in [3.05, 3.63) is 0 Å². The predicted octanol–water partition coefficient (Wildman–Crippen LogP) is 2.82. The van der Waals surface area contributed by atoms with E-state index in [-0.39, 0.29) is 12.8 Å². The van der Waals surface area contributed by atoms with Crippen LogP contribution >= 0.6 is 0 Å². The lowest BCUT2D eigenvalue weighted by atomic mass is 9.54. The molecule has 0 aromatic carbocycles. The van der Waals surface area contributed by atoms with Gasteiger partial charge in [0.25, 0.3) is 0 Å². The molecule has 2 unspecified atom stereocenters. The SMILES string of the molecule is CC1(C)OC(COC(=O)C(F)(F)S(=O)(=O)O)CC(CC(=O)OC23CC4CC(CC(C4)C2)C3)O1. The van der Waals surface area contributed by atoms with Crippen LogP contribution in [0.2, 0.25) is 0 Å². The minimum atomic E-state index is -5.96. The molecule has 5 fully saturated rings. The second-order valence-electron chi connectivity index (χ2n) is 10.5. The summed E-state index contributed by atoms with van der Waals surface area (Å²) in [5, 5.41) is -5.09. The van der Waals surface area contributed by atoms with E-state index in [9.17, 15) is 26.8 Å². The number of esters is 2. The molecular weight excluding hydrogens is 466 g/mol. The van der Waals surface area contributed by atoms with Gasteiger partial charge in [0, 0.05) is 6.42 Å². The van der Waals surface area contributed by atoms with E-state index in [0.717, 1.165) is 19.3 Å². The predicted molar refractivity (Wildman–Crippen MR) is 108 cm³/mol. The molecule has 0 aromatic heterocycles. The maximum Gasteiger partial charge on any atom is 0.465 e. The number of carbonyl (C=O) groups is 2. The average molecular weight is 497 g/mol. The zero-order chi connectivity index (χ0) is 24.2. The molecule has 1 saturated heterocycles. The lowest BCUT2D eigenvalue weighted by molar-refractivity contribution is -0.305. The Hall–Kier alpha value is -1.37. The number of halogens is 2. The van der Waals surface area contributed by atoms with Crippen molar-refractivity contribution in [1.29, 1.82) is 0 Å². The molecule has 1 heterocycles. The molecule has 0 spiro atoms. The largest absolute Gasteiger partial charge is 0.465 e. The van der Waals surface area contributed by atoms with Gasteiger partial charge in [0.2, 0.25) is 0 Å². The molecule has 4 bridgehead atoms. The Balaban J connectivity index is 1.33. The van der Waals surface area contributed by atoms with Crippen LogP contribution in [0.25, 0.3) is 0 Å². The Morgan fingerprint density at radius 2 is 1.52 bits per heavy atom. The summed E-state index contributed by atoms with van der Waals surface area (Å²) in [4.78, 5) is 24.3. The minimum Gasteiger partial charge on any atom is -0.459 e. The molecule has 1 N–H and O–H groups in total. The molecule has 33 heavy (non-hydrogen) atoms. The van der Waals surface area contributed by atoms with Gasteiger partial charge in [0.05, 0.1) is 18.6 Å². The van der Waals surface area contributed by atoms with Gasteiger partial charge in [-0.05, 0) is 70.1 Å². The molecular formula is C21H30F2O9S. The first-order chi connectivity index (χ1) is 15.2. The number of ether oxygens (including phenoxy) is 4. The number of rotatable bonds is 7. The fraction of sp³-hybridized carbons (Fsp3) is 0.905. The second kappa shape index (κ2) is 8.39. The number of hydrogen-bond acceptors (Lipinski definition) is 8. The first-order valence-electron chi connectivity index (χ1n) is 11.3. The first kappa shape index (κ1) is 24.7. The standard InChI is InChI=1S/C21H30F2O9S/c1-19(2)30-15(6-16(31-19)11-29-18(25)21(22,23)33(26,27)28)7-17(24)32-20-8-12-3-13(9-20)5-14(4-12)10-20/h12-16H,3-11H2,1-2H3,(H,26,27,28). The van der Waals surface area contributed by atoms with Crippen LogP contribution in [-0.4, -0.2) is 60.4 Å². The zero-order valence-electron chi connectivity index (χ0n) is 18.6. The summed E-state index contributed by atoms with van der Waals surface area (Å²) in [7, 11) is -5.96. The van der Waals surface area contributed by atoms with Crippen molar-refractivity contribution in [2.24, 2.45) is 17.8 Å². The lowest BCUT2D eigenvalue weighted by Crippen LogP contribution is -2.53. The average Bonchev–Trinajstić information content (AvgIpc) is 2.62. The third-order valence-electron chi connectivity index (χ3n) is 7.10. The van der Waals surface area contributed by atoms with Crippen LogP contribution in [-0.2, 0) is 38.7 Å². The lowest BCUT2D eigenvalue weighted by Gasteiger charge is -2.55. The molecule has 5 rings (SSSR count). The second-order valence-corrected chi connectivity index (χ2v) is 11.9. The molecule has 4 aliphatic carbocycles. The Bertz CT molecular complexity index is 866. The van der Waals surface area contributed by atoms with Gasteiger partial charge >= 0.3 is 27.3 Å². The number of alkyl halides is 2. The molecule has 4 saturated carbocycles. The van der Waals surface area contributed by atoms with E-state index < -0.39 is 57.5 Å². The van der Waals surface area contributed by atoms with Gasteiger partial charge in [0.15, 0.2) is 5.79 Å². The molecule has 0 radical (unpaired) electrons. The van der Waals surface area contributed by atoms with E-state index in [1.165, 1.54) is 19.3 Å². The highest BCUT2D eigenvalue weighted by molar-refractivity contribution is 7.87. The van der Waals surface area contributed by atoms with Crippen molar-refractivity contribution in [2.45, 2.75) is 94.1 Å². The molecule has 1 aliphatic heterocycles. The number of hydrogen-bond donors (Lipinski definition) is 1. The van der Waals surface area contributed by atoms with Crippen molar-refractivity contribution in [2.75, 3.05) is 6.61 Å². The van der Waals surface area contributed by atoms with Crippen molar-refractivity contribution < 1.29 is 50.3 Å². The molecule has 2 atom stereocenters. The topological polar surface area (TPSA) is 125 Å². The highest BCUT2D eigenvalue weighted by Crippen LogP contribution is 2.57. The van der Waals surface area contributed by atoms with Crippen LogP contribution < -0.4 is 0 Å². The van der Waals surface area contributed by atoms with E-state index in [1.54, 1.807) is 13.8 Å². The van der Waals surface area contributed by atoms with Crippen molar-refractivity contribution >= 4 is 22.1 Å². The summed E-state index contributed by atoms with van der Waals surface area (Å²) in [6, 6.07) is 0. The summed E-state index contributed by atoms with van der Waals surface area (Å²) in [5.41, 5.74) is -0.400. The van der Waals surface area contributed by atoms with Gasteiger partial charge in [-0.15, -0.1) is 0 Å². The summed E-state index contributed by atoms with van der Waals surface area (Å²) >= 11 is 0. The van der Waals surface area contributed by atoms with Gasteiger partial charge in [0.1, 0.15) is 12.2 Å². The quantitative estimate of drug-likeness (QED) is 0.418. The first-order valence-corrected chi connectivity index (χ1v) is 12.7. The Labute approximate surface area is 191 Å². The van der Waals surface area contributed by atoms with Crippen LogP contribution in [0, 0.1) is 17.8 Å². The molecule has 12 heteroatoms. The molecule has 9 nitrogen and oxygen atoms in total. The van der Waals surface area contributed by atoms with E-state index in [1.807, 2.05) is 0 Å². The molecule has 188 valence electrons. The summed E-state index contributed by atoms with van der Waals surface area (Å²) in [5.74, 6) is -2.16. The molecule has 0 aromatic rings. The van der Waals surface area contributed by atoms with Gasteiger partial charge in [-0.3, -0.25) is 9.35 Å². The third kappa shape index (κ3) is 5.33. The van der Waals surface area contributed by atoms with Crippen LogP contribution in [0.15, 0.2) is 0 Å². The van der Waals surface area contributed by atoms with E-state index in [4.69, 9.17) is 18.8 Å². The van der Waals surface area contributed by atoms with Crippen molar-refractivity contribution in [3.8, 4) is 0 Å². The maximum absolute atomic E-state index is 13.4. The Kier molecular flexibility index (Phi) is 6.29. The van der Waals surface area contributed by atoms with E-state index in [2.05, 4.69) is 4.74 Å². The molecule has 0 amide bonds. The van der Waals surface area contributed by atoms with Crippen LogP contribution in [0.3, 0.4) is 0 Å². The van der Waals surface area contributed by atoms with Gasteiger partial charge < -0.3 is 18.9 Å². The third-order valence-corrected chi connectivity index (χ3v) is 7.91. The van der Waals surface area contributed by atoms with Gasteiger partial charge in [-0.1, -0.05) is 0 Å². The van der Waals surface area contributed by atoms with Crippen LogP contribution in [0.5, 0.6) is 0 Å². The van der Waals surface area contributed by atoms with Crippen LogP contribution in [0.4, 0.5) is 8.78 Å². The highest BCUT2D eigenvalue weighted by Gasteiger charge is 2.55. The molecule has 5 aliphatic rings. The fourth-order valence-corrected chi connectivity index (χ4v) is 6.70. The minimum absolute atomic E-state index is 0.0458. The summed E-state index contributed by atoms with van der Waals surface area (Å²) in [6.07, 6.45) is 4.71. The van der Waals surface area contributed by atoms with Crippen molar-refractivity contribution in [3.63, 3.8) is 0 Å². The fourth-order valence-electron chi connectivity index (χ4n) is 6.43. The monoisotopic (exact) mass is 496 g/mol. The van der Waals surface area contributed by atoms with E-state index >= 15 is 0 Å². The maximum atomic E-state index is 13.4. The zero-order valence-corrected chi connectivity index (χ0v) is 19.4. The number of carbonyl (C=O) groups excluding carboxylic acids is 2. The van der Waals surface area contributed by atoms with Crippen molar-refractivity contribution in [1.82, 2.24) is 0 Å². The normalized spacial score (nSPS) is 37.5. The highest BCUT2D eigenvalue weighted by atomic mass is 32.2. The Morgan fingerprint density at radius 1 is 1.00 bits per heavy atom. The summed E-state index contributed by atoms with van der Waals surface area (Å²) < 4.78 is 78.4. The van der Waals surface area contributed by atoms with Crippen LogP contribution in [0.1, 0.15) is 65.2 Å². The van der Waals surface area contributed by atoms with Gasteiger partial charge in [-0.2, -0.15) is 17.2 Å². The Morgan fingerprint density at radius 3 is 2.03 bits per heavy atom. The van der Waals surface area contributed by atoms with E-state index in [0.29, 0.717) is 17.8 Å².